The van der Waals surface area contributed by atoms with E-state index in [-0.39, 0.29) is 17.4 Å². The Morgan fingerprint density at radius 3 is 2.42 bits per heavy atom. The summed E-state index contributed by atoms with van der Waals surface area (Å²) in [6.07, 6.45) is 3.80. The Kier molecular flexibility index (Phi) is 5.54. The van der Waals surface area contributed by atoms with Crippen LogP contribution in [-0.2, 0) is 9.59 Å². The van der Waals surface area contributed by atoms with Crippen molar-refractivity contribution in [2.75, 3.05) is 6.54 Å². The lowest BCUT2D eigenvalue weighted by Gasteiger charge is -2.44. The minimum absolute atomic E-state index is 0.0333. The molecule has 0 bridgehead atoms. The summed E-state index contributed by atoms with van der Waals surface area (Å²) in [6, 6.07) is 12.7. The van der Waals surface area contributed by atoms with Crippen LogP contribution in [0.3, 0.4) is 0 Å². The van der Waals surface area contributed by atoms with E-state index in [9.17, 15) is 14.7 Å². The Morgan fingerprint density at radius 1 is 1.00 bits per heavy atom. The number of ketones is 1. The molecule has 4 rings (SSSR count). The first-order valence-electron chi connectivity index (χ1n) is 10.6. The zero-order valence-corrected chi connectivity index (χ0v) is 18.4. The number of hydrogen-bond acceptors (Lipinski definition) is 4. The van der Waals surface area contributed by atoms with Gasteiger partial charge in [0.25, 0.3) is 0 Å². The quantitative estimate of drug-likeness (QED) is 0.433. The molecule has 1 amide bonds. The Labute approximate surface area is 182 Å². The second kappa shape index (κ2) is 8.16. The van der Waals surface area contributed by atoms with E-state index in [2.05, 4.69) is 0 Å². The molecule has 2 aromatic carbocycles. The van der Waals surface area contributed by atoms with Gasteiger partial charge in [0, 0.05) is 13.0 Å². The van der Waals surface area contributed by atoms with Gasteiger partial charge in [-0.15, -0.1) is 0 Å². The molecule has 0 saturated carbocycles. The Balaban J connectivity index is 2.01. The number of aliphatic hydroxyl groups is 1. The molecule has 5 heteroatoms. The molecule has 0 radical (unpaired) electrons. The summed E-state index contributed by atoms with van der Waals surface area (Å²) in [5.74, 6) is -0.337. The first-order valence-corrected chi connectivity index (χ1v) is 10.6. The third kappa shape index (κ3) is 3.70. The minimum Gasteiger partial charge on any atom is -0.507 e. The summed E-state index contributed by atoms with van der Waals surface area (Å²) < 4.78 is 0. The van der Waals surface area contributed by atoms with Gasteiger partial charge in [0.1, 0.15) is 11.8 Å². The average molecular weight is 417 g/mol. The van der Waals surface area contributed by atoms with Crippen LogP contribution >= 0.6 is 0 Å². The van der Waals surface area contributed by atoms with Gasteiger partial charge < -0.3 is 5.11 Å². The van der Waals surface area contributed by atoms with Crippen molar-refractivity contribution in [1.29, 1.82) is 0 Å². The summed E-state index contributed by atoms with van der Waals surface area (Å²) in [5, 5.41) is 16.7. The summed E-state index contributed by atoms with van der Waals surface area (Å²) in [5.41, 5.74) is 3.09. The van der Waals surface area contributed by atoms with Crippen molar-refractivity contribution in [3.05, 3.63) is 82.7 Å². The second-order valence-electron chi connectivity index (χ2n) is 8.70. The molecule has 2 aliphatic rings. The smallest absolute Gasteiger partial charge is 0.239 e. The predicted molar refractivity (Wildman–Crippen MR) is 122 cm³/mol. The van der Waals surface area contributed by atoms with Gasteiger partial charge in [-0.05, 0) is 50.1 Å². The van der Waals surface area contributed by atoms with Gasteiger partial charge in [-0.2, -0.15) is 0 Å². The first-order chi connectivity index (χ1) is 14.8. The average Bonchev–Trinajstić information content (AvgIpc) is 3.09. The van der Waals surface area contributed by atoms with Gasteiger partial charge in [-0.25, -0.2) is 5.01 Å². The molecule has 0 spiro atoms. The summed E-state index contributed by atoms with van der Waals surface area (Å²) in [7, 11) is 0. The molecule has 160 valence electrons. The summed E-state index contributed by atoms with van der Waals surface area (Å²) >= 11 is 0. The lowest BCUT2D eigenvalue weighted by Crippen LogP contribution is -2.56. The van der Waals surface area contributed by atoms with Crippen LogP contribution in [0.1, 0.15) is 45.7 Å². The largest absolute Gasteiger partial charge is 0.507 e. The number of fused-ring (bicyclic) bond motifs is 2. The number of carbonyl (C=O) groups excluding carboxylic acids is 2. The topological polar surface area (TPSA) is 60.9 Å². The highest BCUT2D eigenvalue weighted by atomic mass is 16.3. The van der Waals surface area contributed by atoms with Crippen LogP contribution in [0.4, 0.5) is 0 Å². The molecule has 5 nitrogen and oxygen atoms in total. The van der Waals surface area contributed by atoms with Crippen molar-refractivity contribution < 1.29 is 14.7 Å². The molecule has 2 heterocycles. The van der Waals surface area contributed by atoms with Crippen molar-refractivity contribution >= 4 is 22.5 Å². The monoisotopic (exact) mass is 416 g/mol. The fourth-order valence-corrected chi connectivity index (χ4v) is 4.58. The van der Waals surface area contributed by atoms with Gasteiger partial charge in [-0.3, -0.25) is 14.6 Å². The molecule has 0 aromatic heterocycles. The SMILES string of the molecule is CC(C)=C/C(O)=C1/C(=O)[C@H](C=C(C)C)N2C(=O)CCN2[C@H]1c1cccc2ccccc12. The number of hydrogen-bond donors (Lipinski definition) is 1. The van der Waals surface area contributed by atoms with E-state index in [0.29, 0.717) is 18.5 Å². The highest BCUT2D eigenvalue weighted by molar-refractivity contribution is 6.06. The van der Waals surface area contributed by atoms with Crippen LogP contribution in [0.25, 0.3) is 10.8 Å². The van der Waals surface area contributed by atoms with E-state index in [1.165, 1.54) is 0 Å². The number of rotatable bonds is 3. The Hall–Kier alpha value is -3.18. The third-order valence-electron chi connectivity index (χ3n) is 5.77. The van der Waals surface area contributed by atoms with Crippen LogP contribution in [0.5, 0.6) is 0 Å². The molecule has 0 aliphatic carbocycles. The van der Waals surface area contributed by atoms with Gasteiger partial charge in [0.2, 0.25) is 5.91 Å². The van der Waals surface area contributed by atoms with Crippen molar-refractivity contribution in [2.24, 2.45) is 0 Å². The molecular formula is C26H28N2O3. The predicted octanol–water partition coefficient (Wildman–Crippen LogP) is 5.03. The zero-order valence-electron chi connectivity index (χ0n) is 18.4. The summed E-state index contributed by atoms with van der Waals surface area (Å²) in [4.78, 5) is 26.6. The highest BCUT2D eigenvalue weighted by Gasteiger charge is 2.50. The van der Waals surface area contributed by atoms with Gasteiger partial charge >= 0.3 is 0 Å². The van der Waals surface area contributed by atoms with Crippen molar-refractivity contribution in [2.45, 2.75) is 46.2 Å². The second-order valence-corrected chi connectivity index (χ2v) is 8.70. The van der Waals surface area contributed by atoms with Crippen LogP contribution in [0.15, 0.2) is 77.1 Å². The van der Waals surface area contributed by atoms with Crippen molar-refractivity contribution in [1.82, 2.24) is 10.0 Å². The number of aliphatic hydroxyl groups excluding tert-OH is 1. The third-order valence-corrected chi connectivity index (χ3v) is 5.77. The maximum atomic E-state index is 13.8. The van der Waals surface area contributed by atoms with E-state index in [4.69, 9.17) is 0 Å². The van der Waals surface area contributed by atoms with Crippen LogP contribution < -0.4 is 0 Å². The van der Waals surface area contributed by atoms with Crippen LogP contribution in [-0.4, -0.2) is 39.4 Å². The molecule has 2 saturated heterocycles. The minimum atomic E-state index is -0.742. The number of carbonyl (C=O) groups is 2. The highest BCUT2D eigenvalue weighted by Crippen LogP contribution is 2.43. The number of allylic oxidation sites excluding steroid dienone is 3. The summed E-state index contributed by atoms with van der Waals surface area (Å²) in [6.45, 7) is 8.09. The zero-order chi connectivity index (χ0) is 22.3. The fourth-order valence-electron chi connectivity index (χ4n) is 4.58. The lowest BCUT2D eigenvalue weighted by atomic mass is 9.85. The van der Waals surface area contributed by atoms with Gasteiger partial charge in [-0.1, -0.05) is 59.7 Å². The number of Topliss-reactive ketones (excluding diaryl/α,β-unsaturated/α-hetero) is 1. The molecule has 2 atom stereocenters. The molecule has 2 fully saturated rings. The van der Waals surface area contributed by atoms with Crippen LogP contribution in [0, 0.1) is 0 Å². The first kappa shape index (κ1) is 21.1. The van der Waals surface area contributed by atoms with Crippen LogP contribution in [0.2, 0.25) is 0 Å². The molecule has 1 N–H and O–H groups in total. The molecule has 31 heavy (non-hydrogen) atoms. The Bertz CT molecular complexity index is 1140. The molecular weight excluding hydrogens is 388 g/mol. The Morgan fingerprint density at radius 2 is 1.71 bits per heavy atom. The normalized spacial score (nSPS) is 23.0. The van der Waals surface area contributed by atoms with E-state index >= 15 is 0 Å². The van der Waals surface area contributed by atoms with E-state index in [0.717, 1.165) is 27.5 Å². The number of nitrogens with zero attached hydrogens (tertiary/aromatic N) is 2. The van der Waals surface area contributed by atoms with Gasteiger partial charge in [0.15, 0.2) is 5.78 Å². The maximum absolute atomic E-state index is 13.8. The van der Waals surface area contributed by atoms with E-state index in [1.54, 1.807) is 11.1 Å². The molecule has 0 unspecified atom stereocenters. The molecule has 2 aromatic rings. The molecule has 2 aliphatic heterocycles. The lowest BCUT2D eigenvalue weighted by molar-refractivity contribution is -0.154. The van der Waals surface area contributed by atoms with Gasteiger partial charge in [0.05, 0.1) is 11.6 Å². The number of benzene rings is 2. The standard InChI is InChI=1S/C26H28N2O3/c1-16(2)14-21-26(31)24(22(29)15-17(3)4)25(27-13-12-23(30)28(21)27)20-11-7-9-18-8-5-6-10-19(18)20/h5-11,14-15,21,25,29H,12-13H2,1-4H3/b24-22-/t21-,25-/m0/s1. The maximum Gasteiger partial charge on any atom is 0.239 e. The van der Waals surface area contributed by atoms with E-state index < -0.39 is 12.1 Å². The van der Waals surface area contributed by atoms with Crippen molar-refractivity contribution in [3.8, 4) is 0 Å². The van der Waals surface area contributed by atoms with Crippen molar-refractivity contribution in [3.63, 3.8) is 0 Å². The fraction of sp³-hybridized carbons (Fsp3) is 0.308. The number of hydrazine groups is 1. The number of amides is 1. The van der Waals surface area contributed by atoms with E-state index in [1.807, 2.05) is 81.2 Å².